The van der Waals surface area contributed by atoms with Crippen LogP contribution in [-0.2, 0) is 27.4 Å². The summed E-state index contributed by atoms with van der Waals surface area (Å²) >= 11 is 0. The molecule has 4 rings (SSSR count). The van der Waals surface area contributed by atoms with Crippen LogP contribution in [0.15, 0.2) is 54.7 Å². The largest absolute Gasteiger partial charge is 0.480 e. The lowest BCUT2D eigenvalue weighted by molar-refractivity contribution is -0.143. The summed E-state index contributed by atoms with van der Waals surface area (Å²) in [5, 5.41) is 22.1. The van der Waals surface area contributed by atoms with Gasteiger partial charge in [-0.25, -0.2) is 14.3 Å². The van der Waals surface area contributed by atoms with Gasteiger partial charge in [-0.05, 0) is 28.2 Å². The van der Waals surface area contributed by atoms with Crippen molar-refractivity contribution in [1.82, 2.24) is 25.6 Å². The summed E-state index contributed by atoms with van der Waals surface area (Å²) in [4.78, 5) is 35.7. The first-order valence-corrected chi connectivity index (χ1v) is 11.3. The Kier molecular flexibility index (Phi) is 7.09. The van der Waals surface area contributed by atoms with E-state index < -0.39 is 24.0 Å². The molecule has 1 aromatic heterocycles. The van der Waals surface area contributed by atoms with Crippen LogP contribution in [0.2, 0.25) is 0 Å². The van der Waals surface area contributed by atoms with Crippen molar-refractivity contribution in [3.63, 3.8) is 0 Å². The zero-order valence-corrected chi connectivity index (χ0v) is 19.5. The van der Waals surface area contributed by atoms with Gasteiger partial charge in [-0.3, -0.25) is 4.79 Å². The molecule has 0 spiro atoms. The molecule has 0 bridgehead atoms. The Morgan fingerprint density at radius 3 is 2.29 bits per heavy atom. The normalized spacial score (nSPS) is 13.1. The number of carbonyl (C=O) groups excluding carboxylic acids is 2. The topological polar surface area (TPSA) is 135 Å². The highest BCUT2D eigenvalue weighted by atomic mass is 16.5. The van der Waals surface area contributed by atoms with E-state index >= 15 is 0 Å². The molecule has 0 fully saturated rings. The highest BCUT2D eigenvalue weighted by Crippen LogP contribution is 2.44. The number of nitrogens with zero attached hydrogens (tertiary/aromatic N) is 3. The molecule has 3 N–H and O–H groups in total. The van der Waals surface area contributed by atoms with E-state index in [2.05, 4.69) is 45.2 Å². The Balaban J connectivity index is 1.27. The second-order valence-electron chi connectivity index (χ2n) is 8.71. The summed E-state index contributed by atoms with van der Waals surface area (Å²) < 4.78 is 6.78. The molecule has 2 amide bonds. The molecule has 2 aromatic carbocycles. The SMILES string of the molecule is CC(C)C(NC(=O)Cn1cc(CNC(=O)OCC2c3ccccc3-c3ccccc32)nn1)C(=O)O. The fourth-order valence-corrected chi connectivity index (χ4v) is 4.19. The third-order valence-electron chi connectivity index (χ3n) is 5.90. The van der Waals surface area contributed by atoms with Crippen LogP contribution in [0.5, 0.6) is 0 Å². The van der Waals surface area contributed by atoms with Gasteiger partial charge in [0.1, 0.15) is 24.9 Å². The molecular weight excluding hydrogens is 450 g/mol. The highest BCUT2D eigenvalue weighted by Gasteiger charge is 2.29. The van der Waals surface area contributed by atoms with Crippen LogP contribution in [0.3, 0.4) is 0 Å². The number of benzene rings is 2. The Hall–Kier alpha value is -4.21. The van der Waals surface area contributed by atoms with Crippen molar-refractivity contribution in [3.8, 4) is 11.1 Å². The maximum Gasteiger partial charge on any atom is 0.407 e. The van der Waals surface area contributed by atoms with Crippen LogP contribution in [0, 0.1) is 5.92 Å². The monoisotopic (exact) mass is 477 g/mol. The third-order valence-corrected chi connectivity index (χ3v) is 5.90. The fraction of sp³-hybridized carbons (Fsp3) is 0.320. The third kappa shape index (κ3) is 5.48. The molecule has 0 radical (unpaired) electrons. The molecule has 35 heavy (non-hydrogen) atoms. The number of nitrogens with one attached hydrogen (secondary N) is 2. The summed E-state index contributed by atoms with van der Waals surface area (Å²) in [5.74, 6) is -1.89. The van der Waals surface area contributed by atoms with E-state index in [9.17, 15) is 19.5 Å². The van der Waals surface area contributed by atoms with Gasteiger partial charge in [-0.1, -0.05) is 67.6 Å². The van der Waals surface area contributed by atoms with Gasteiger partial charge in [0.15, 0.2) is 0 Å². The van der Waals surface area contributed by atoms with E-state index in [-0.39, 0.29) is 31.5 Å². The number of fused-ring (bicyclic) bond motifs is 3. The maximum absolute atomic E-state index is 12.3. The van der Waals surface area contributed by atoms with Crippen molar-refractivity contribution >= 4 is 18.0 Å². The second-order valence-corrected chi connectivity index (χ2v) is 8.71. The smallest absolute Gasteiger partial charge is 0.407 e. The van der Waals surface area contributed by atoms with Gasteiger partial charge < -0.3 is 20.5 Å². The van der Waals surface area contributed by atoms with Gasteiger partial charge in [0, 0.05) is 5.92 Å². The van der Waals surface area contributed by atoms with Crippen molar-refractivity contribution in [3.05, 3.63) is 71.5 Å². The minimum absolute atomic E-state index is 0.0343. The van der Waals surface area contributed by atoms with Crippen molar-refractivity contribution in [1.29, 1.82) is 0 Å². The fourth-order valence-electron chi connectivity index (χ4n) is 4.19. The van der Waals surface area contributed by atoms with Crippen molar-refractivity contribution in [2.45, 2.75) is 38.9 Å². The van der Waals surface area contributed by atoms with E-state index in [0.717, 1.165) is 22.3 Å². The predicted molar refractivity (Wildman–Crippen MR) is 126 cm³/mol. The number of hydrogen-bond donors (Lipinski definition) is 3. The quantitative estimate of drug-likeness (QED) is 0.431. The Morgan fingerprint density at radius 2 is 1.69 bits per heavy atom. The molecule has 3 aromatic rings. The minimum atomic E-state index is -1.10. The minimum Gasteiger partial charge on any atom is -0.480 e. The molecule has 1 aliphatic rings. The molecular formula is C25H27N5O5. The van der Waals surface area contributed by atoms with Crippen LogP contribution in [0.25, 0.3) is 11.1 Å². The predicted octanol–water partition coefficient (Wildman–Crippen LogP) is 2.54. The average molecular weight is 478 g/mol. The molecule has 0 saturated carbocycles. The van der Waals surface area contributed by atoms with Crippen molar-refractivity contribution in [2.24, 2.45) is 5.92 Å². The summed E-state index contributed by atoms with van der Waals surface area (Å²) in [7, 11) is 0. The number of alkyl carbamates (subject to hydrolysis) is 1. The van der Waals surface area contributed by atoms with Crippen LogP contribution in [0.4, 0.5) is 4.79 Å². The molecule has 0 saturated heterocycles. The molecule has 10 nitrogen and oxygen atoms in total. The summed E-state index contributed by atoms with van der Waals surface area (Å²) in [6.45, 7) is 3.51. The number of carboxylic acids is 1. The first-order chi connectivity index (χ1) is 16.8. The van der Waals surface area contributed by atoms with Crippen LogP contribution < -0.4 is 10.6 Å². The molecule has 1 heterocycles. The average Bonchev–Trinajstić information content (AvgIpc) is 3.41. The number of aliphatic carboxylic acids is 1. The van der Waals surface area contributed by atoms with E-state index in [0.29, 0.717) is 5.69 Å². The number of ether oxygens (including phenoxy) is 1. The van der Waals surface area contributed by atoms with Crippen molar-refractivity contribution in [2.75, 3.05) is 6.61 Å². The Bertz CT molecular complexity index is 1190. The molecule has 0 aliphatic heterocycles. The summed E-state index contributed by atoms with van der Waals surface area (Å²) in [5.41, 5.74) is 5.00. The lowest BCUT2D eigenvalue weighted by Gasteiger charge is -2.17. The van der Waals surface area contributed by atoms with Gasteiger partial charge in [-0.15, -0.1) is 5.10 Å². The zero-order valence-electron chi connectivity index (χ0n) is 19.5. The van der Waals surface area contributed by atoms with Gasteiger partial charge in [0.2, 0.25) is 5.91 Å². The number of hydrogen-bond acceptors (Lipinski definition) is 6. The number of rotatable bonds is 9. The number of aromatic nitrogens is 3. The number of carboxylic acid groups (broad SMARTS) is 1. The van der Waals surface area contributed by atoms with Crippen LogP contribution in [0.1, 0.15) is 36.6 Å². The van der Waals surface area contributed by atoms with Gasteiger partial charge in [0.05, 0.1) is 12.7 Å². The number of carbonyl (C=O) groups is 3. The van der Waals surface area contributed by atoms with Crippen LogP contribution in [-0.4, -0.2) is 50.7 Å². The van der Waals surface area contributed by atoms with E-state index in [1.807, 2.05) is 24.3 Å². The van der Waals surface area contributed by atoms with Gasteiger partial charge in [0.25, 0.3) is 0 Å². The lowest BCUT2D eigenvalue weighted by atomic mass is 9.98. The van der Waals surface area contributed by atoms with Gasteiger partial charge >= 0.3 is 12.1 Å². The summed E-state index contributed by atoms with van der Waals surface area (Å²) in [6, 6.07) is 15.2. The molecule has 1 aliphatic carbocycles. The van der Waals surface area contributed by atoms with E-state index in [4.69, 9.17) is 4.74 Å². The van der Waals surface area contributed by atoms with E-state index in [1.165, 1.54) is 10.9 Å². The Labute approximate surface area is 202 Å². The van der Waals surface area contributed by atoms with Gasteiger partial charge in [-0.2, -0.15) is 0 Å². The standard InChI is InChI=1S/C25H27N5O5/c1-15(2)23(24(32)33)27-22(31)13-30-12-16(28-29-30)11-26-25(34)35-14-21-19-9-5-3-7-17(19)18-8-4-6-10-20(18)21/h3-10,12,15,21,23H,11,13-14H2,1-2H3,(H,26,34)(H,27,31)(H,32,33). The Morgan fingerprint density at radius 1 is 1.06 bits per heavy atom. The van der Waals surface area contributed by atoms with E-state index in [1.54, 1.807) is 13.8 Å². The number of amides is 2. The molecule has 182 valence electrons. The first-order valence-electron chi connectivity index (χ1n) is 11.3. The zero-order chi connectivity index (χ0) is 24.9. The van der Waals surface area contributed by atoms with Crippen molar-refractivity contribution < 1.29 is 24.2 Å². The highest BCUT2D eigenvalue weighted by molar-refractivity contribution is 5.83. The maximum atomic E-state index is 12.3. The lowest BCUT2D eigenvalue weighted by Crippen LogP contribution is -2.45. The molecule has 1 atom stereocenters. The molecule has 10 heteroatoms. The molecule has 1 unspecified atom stereocenters. The van der Waals surface area contributed by atoms with Crippen LogP contribution >= 0.6 is 0 Å². The summed E-state index contributed by atoms with van der Waals surface area (Å²) in [6.07, 6.45) is 0.925. The first kappa shape index (κ1) is 23.9. The second kappa shape index (κ2) is 10.4.